The Hall–Kier alpha value is -3.38. The molecule has 0 fully saturated rings. The molecule has 0 spiro atoms. The summed E-state index contributed by atoms with van der Waals surface area (Å²) < 4.78 is 2.11. The van der Waals surface area contributed by atoms with Crippen molar-refractivity contribution in [3.8, 4) is 11.4 Å². The SMILES string of the molecule is CC(C)(C)c1ccc(-c2nnc(SCC(=O)NCCCc3ccccc3)n2Cc2ccccc2)cc1. The summed E-state index contributed by atoms with van der Waals surface area (Å²) in [5, 5.41) is 12.8. The normalized spacial score (nSPS) is 11.4. The van der Waals surface area contributed by atoms with E-state index in [0.717, 1.165) is 34.9 Å². The zero-order chi connectivity index (χ0) is 25.4. The van der Waals surface area contributed by atoms with Crippen molar-refractivity contribution in [1.29, 1.82) is 0 Å². The maximum absolute atomic E-state index is 12.5. The van der Waals surface area contributed by atoms with Crippen molar-refractivity contribution in [2.45, 2.75) is 50.7 Å². The highest BCUT2D eigenvalue weighted by Crippen LogP contribution is 2.28. The number of nitrogens with zero attached hydrogens (tertiary/aromatic N) is 3. The molecule has 1 heterocycles. The maximum Gasteiger partial charge on any atom is 0.230 e. The van der Waals surface area contributed by atoms with Crippen LogP contribution in [0.15, 0.2) is 90.1 Å². The lowest BCUT2D eigenvalue weighted by Crippen LogP contribution is -2.26. The minimum atomic E-state index is 0.0124. The molecule has 6 heteroatoms. The average Bonchev–Trinajstić information content (AvgIpc) is 3.28. The van der Waals surface area contributed by atoms with Crippen LogP contribution < -0.4 is 5.32 Å². The van der Waals surface area contributed by atoms with Crippen molar-refractivity contribution in [2.75, 3.05) is 12.3 Å². The lowest BCUT2D eigenvalue weighted by molar-refractivity contribution is -0.118. The van der Waals surface area contributed by atoms with Crippen LogP contribution in [0.2, 0.25) is 0 Å². The molecule has 0 saturated heterocycles. The van der Waals surface area contributed by atoms with Gasteiger partial charge < -0.3 is 5.32 Å². The van der Waals surface area contributed by atoms with Crippen molar-refractivity contribution in [3.05, 3.63) is 102 Å². The van der Waals surface area contributed by atoms with E-state index in [1.54, 1.807) is 0 Å². The number of rotatable bonds is 10. The molecular formula is C30H34N4OS. The van der Waals surface area contributed by atoms with E-state index in [0.29, 0.717) is 18.8 Å². The molecule has 3 aromatic carbocycles. The first-order valence-electron chi connectivity index (χ1n) is 12.4. The van der Waals surface area contributed by atoms with Crippen LogP contribution >= 0.6 is 11.8 Å². The van der Waals surface area contributed by atoms with E-state index >= 15 is 0 Å². The van der Waals surface area contributed by atoms with Gasteiger partial charge in [0.15, 0.2) is 11.0 Å². The second-order valence-corrected chi connectivity index (χ2v) is 10.9. The largest absolute Gasteiger partial charge is 0.355 e. The number of nitrogens with one attached hydrogen (secondary N) is 1. The van der Waals surface area contributed by atoms with E-state index in [-0.39, 0.29) is 11.3 Å². The second-order valence-electron chi connectivity index (χ2n) is 9.93. The number of carbonyl (C=O) groups is 1. The van der Waals surface area contributed by atoms with E-state index in [4.69, 9.17) is 0 Å². The minimum absolute atomic E-state index is 0.0124. The molecule has 0 atom stereocenters. The van der Waals surface area contributed by atoms with Crippen molar-refractivity contribution in [3.63, 3.8) is 0 Å². The Kier molecular flexibility index (Phi) is 8.60. The lowest BCUT2D eigenvalue weighted by atomic mass is 9.87. The second kappa shape index (κ2) is 12.0. The van der Waals surface area contributed by atoms with Gasteiger partial charge in [-0.15, -0.1) is 10.2 Å². The van der Waals surface area contributed by atoms with E-state index in [1.165, 1.54) is 22.9 Å². The summed E-state index contributed by atoms with van der Waals surface area (Å²) in [5.74, 6) is 1.13. The lowest BCUT2D eigenvalue weighted by Gasteiger charge is -2.19. The van der Waals surface area contributed by atoms with Crippen LogP contribution in [-0.2, 0) is 23.2 Å². The molecule has 36 heavy (non-hydrogen) atoms. The van der Waals surface area contributed by atoms with E-state index in [1.807, 2.05) is 36.4 Å². The monoisotopic (exact) mass is 498 g/mol. The summed E-state index contributed by atoms with van der Waals surface area (Å²) in [5.41, 5.74) is 4.84. The molecule has 0 radical (unpaired) electrons. The molecule has 0 aliphatic rings. The molecule has 1 amide bonds. The fourth-order valence-corrected chi connectivity index (χ4v) is 4.75. The molecule has 4 rings (SSSR count). The first-order valence-corrected chi connectivity index (χ1v) is 13.4. The summed E-state index contributed by atoms with van der Waals surface area (Å²) in [6, 6.07) is 29.2. The Morgan fingerprint density at radius 1 is 0.861 bits per heavy atom. The Bertz CT molecular complexity index is 1250. The number of aromatic nitrogens is 3. The number of hydrogen-bond donors (Lipinski definition) is 1. The summed E-state index contributed by atoms with van der Waals surface area (Å²) in [7, 11) is 0. The standard InChI is InChI=1S/C30H34N4OS/c1-30(2,3)26-18-16-25(17-19-26)28-32-33-29(34(28)21-24-13-8-5-9-14-24)36-22-27(35)31-20-10-15-23-11-6-4-7-12-23/h4-9,11-14,16-19H,10,15,20-22H2,1-3H3,(H,31,35). The number of benzene rings is 3. The molecular weight excluding hydrogens is 464 g/mol. The van der Waals surface area contributed by atoms with Crippen LogP contribution in [0.25, 0.3) is 11.4 Å². The Balaban J connectivity index is 1.42. The van der Waals surface area contributed by atoms with Gasteiger partial charge in [0.05, 0.1) is 12.3 Å². The minimum Gasteiger partial charge on any atom is -0.355 e. The number of amides is 1. The van der Waals surface area contributed by atoms with Gasteiger partial charge in [0.2, 0.25) is 5.91 Å². The van der Waals surface area contributed by atoms with Gasteiger partial charge in [0.25, 0.3) is 0 Å². The molecule has 0 bridgehead atoms. The number of aryl methyl sites for hydroxylation is 1. The molecule has 1 aromatic heterocycles. The van der Waals surface area contributed by atoms with E-state index in [2.05, 4.69) is 89.4 Å². The van der Waals surface area contributed by atoms with Crippen LogP contribution in [0, 0.1) is 0 Å². The zero-order valence-corrected chi connectivity index (χ0v) is 22.1. The number of carbonyl (C=O) groups excluding carboxylic acids is 1. The Morgan fingerprint density at radius 2 is 1.50 bits per heavy atom. The molecule has 0 saturated carbocycles. The van der Waals surface area contributed by atoms with Crippen LogP contribution in [0.5, 0.6) is 0 Å². The van der Waals surface area contributed by atoms with E-state index in [9.17, 15) is 4.79 Å². The third kappa shape index (κ3) is 7.08. The van der Waals surface area contributed by atoms with E-state index < -0.39 is 0 Å². The van der Waals surface area contributed by atoms with Gasteiger partial charge in [-0.1, -0.05) is 117 Å². The van der Waals surface area contributed by atoms with Gasteiger partial charge in [-0.3, -0.25) is 9.36 Å². The topological polar surface area (TPSA) is 59.8 Å². The summed E-state index contributed by atoms with van der Waals surface area (Å²) >= 11 is 1.43. The highest BCUT2D eigenvalue weighted by Gasteiger charge is 2.18. The highest BCUT2D eigenvalue weighted by atomic mass is 32.2. The number of thioether (sulfide) groups is 1. The molecule has 0 aliphatic heterocycles. The Morgan fingerprint density at radius 3 is 2.14 bits per heavy atom. The third-order valence-electron chi connectivity index (χ3n) is 6.05. The van der Waals surface area contributed by atoms with Crippen molar-refractivity contribution in [1.82, 2.24) is 20.1 Å². The predicted octanol–water partition coefficient (Wildman–Crippen LogP) is 6.13. The first kappa shape index (κ1) is 25.7. The van der Waals surface area contributed by atoms with Crippen molar-refractivity contribution < 1.29 is 4.79 Å². The molecule has 1 N–H and O–H groups in total. The van der Waals surface area contributed by atoms with Gasteiger partial charge in [-0.05, 0) is 34.9 Å². The average molecular weight is 499 g/mol. The van der Waals surface area contributed by atoms with Crippen LogP contribution in [-0.4, -0.2) is 33.0 Å². The Labute approximate surface area is 218 Å². The van der Waals surface area contributed by atoms with Crippen LogP contribution in [0.3, 0.4) is 0 Å². The quantitative estimate of drug-likeness (QED) is 0.211. The smallest absolute Gasteiger partial charge is 0.230 e. The molecule has 0 unspecified atom stereocenters. The fourth-order valence-electron chi connectivity index (χ4n) is 3.98. The third-order valence-corrected chi connectivity index (χ3v) is 7.02. The number of hydrogen-bond acceptors (Lipinski definition) is 4. The summed E-state index contributed by atoms with van der Waals surface area (Å²) in [6.45, 7) is 7.94. The van der Waals surface area contributed by atoms with Crippen molar-refractivity contribution >= 4 is 17.7 Å². The molecule has 0 aliphatic carbocycles. The molecule has 5 nitrogen and oxygen atoms in total. The fraction of sp³-hybridized carbons (Fsp3) is 0.300. The van der Waals surface area contributed by atoms with Gasteiger partial charge in [0.1, 0.15) is 0 Å². The molecule has 4 aromatic rings. The van der Waals surface area contributed by atoms with Crippen LogP contribution in [0.1, 0.15) is 43.9 Å². The summed E-state index contributed by atoms with van der Waals surface area (Å²) in [4.78, 5) is 12.5. The highest BCUT2D eigenvalue weighted by molar-refractivity contribution is 7.99. The van der Waals surface area contributed by atoms with Crippen LogP contribution in [0.4, 0.5) is 0 Å². The molecule has 186 valence electrons. The van der Waals surface area contributed by atoms with Gasteiger partial charge in [0, 0.05) is 12.1 Å². The zero-order valence-electron chi connectivity index (χ0n) is 21.3. The van der Waals surface area contributed by atoms with Gasteiger partial charge in [-0.2, -0.15) is 0 Å². The predicted molar refractivity (Wildman–Crippen MR) is 148 cm³/mol. The van der Waals surface area contributed by atoms with Gasteiger partial charge in [-0.25, -0.2) is 0 Å². The van der Waals surface area contributed by atoms with Gasteiger partial charge >= 0.3 is 0 Å². The summed E-state index contributed by atoms with van der Waals surface area (Å²) in [6.07, 6.45) is 1.87. The van der Waals surface area contributed by atoms with Crippen molar-refractivity contribution in [2.24, 2.45) is 0 Å². The first-order chi connectivity index (χ1) is 17.4. The maximum atomic E-state index is 12.5.